The summed E-state index contributed by atoms with van der Waals surface area (Å²) in [5.74, 6) is 1.41. The van der Waals surface area contributed by atoms with E-state index in [0.717, 1.165) is 36.8 Å². The fourth-order valence-corrected chi connectivity index (χ4v) is 3.09. The van der Waals surface area contributed by atoms with Gasteiger partial charge in [0.1, 0.15) is 17.2 Å². The molecule has 0 amide bonds. The lowest BCUT2D eigenvalue weighted by Gasteiger charge is -2.41. The molecule has 9 heteroatoms. The van der Waals surface area contributed by atoms with Crippen LogP contribution in [-0.2, 0) is 0 Å². The second-order valence-corrected chi connectivity index (χ2v) is 5.83. The number of fused-ring (bicyclic) bond motifs is 1. The van der Waals surface area contributed by atoms with Crippen LogP contribution in [0.5, 0.6) is 0 Å². The van der Waals surface area contributed by atoms with Gasteiger partial charge in [0, 0.05) is 25.7 Å². The fourth-order valence-electron chi connectivity index (χ4n) is 3.09. The third kappa shape index (κ3) is 2.47. The molecule has 0 aliphatic carbocycles. The summed E-state index contributed by atoms with van der Waals surface area (Å²) in [5, 5.41) is 0. The van der Waals surface area contributed by atoms with Crippen molar-refractivity contribution in [3.63, 3.8) is 0 Å². The molecule has 24 heavy (non-hydrogen) atoms. The van der Waals surface area contributed by atoms with Crippen molar-refractivity contribution in [2.24, 2.45) is 0 Å². The molecule has 3 aromatic rings. The molecule has 4 rings (SSSR count). The van der Waals surface area contributed by atoms with Crippen LogP contribution in [0.3, 0.4) is 0 Å². The third-order valence-corrected chi connectivity index (χ3v) is 4.22. The number of halogens is 1. The fraction of sp³-hybridized carbons (Fsp3) is 0.333. The van der Waals surface area contributed by atoms with Gasteiger partial charge in [-0.25, -0.2) is 14.4 Å². The second-order valence-electron chi connectivity index (χ2n) is 5.83. The predicted molar refractivity (Wildman–Crippen MR) is 89.3 cm³/mol. The van der Waals surface area contributed by atoms with E-state index in [1.54, 1.807) is 12.4 Å². The predicted octanol–water partition coefficient (Wildman–Crippen LogP) is 1.18. The van der Waals surface area contributed by atoms with Gasteiger partial charge in [-0.15, -0.1) is 0 Å². The molecule has 0 spiro atoms. The highest BCUT2D eigenvalue weighted by molar-refractivity contribution is 5.84. The van der Waals surface area contributed by atoms with E-state index in [-0.39, 0.29) is 17.8 Å². The summed E-state index contributed by atoms with van der Waals surface area (Å²) in [6.07, 6.45) is 2.83. The third-order valence-electron chi connectivity index (χ3n) is 4.22. The summed E-state index contributed by atoms with van der Waals surface area (Å²) in [7, 11) is 0. The molecule has 3 N–H and O–H groups in total. The number of hydrogen-bond donors (Lipinski definition) is 2. The van der Waals surface area contributed by atoms with Crippen LogP contribution in [0.4, 0.5) is 22.0 Å². The molecule has 0 aromatic carbocycles. The largest absolute Gasteiger partial charge is 0.368 e. The van der Waals surface area contributed by atoms with Gasteiger partial charge in [-0.1, -0.05) is 0 Å². The Balaban J connectivity index is 1.60. The van der Waals surface area contributed by atoms with E-state index < -0.39 is 0 Å². The van der Waals surface area contributed by atoms with Crippen molar-refractivity contribution in [1.82, 2.24) is 24.9 Å². The summed E-state index contributed by atoms with van der Waals surface area (Å²) < 4.78 is 13.1. The molecule has 1 saturated heterocycles. The minimum Gasteiger partial charge on any atom is -0.368 e. The summed E-state index contributed by atoms with van der Waals surface area (Å²) in [4.78, 5) is 24.2. The number of nitrogen functional groups attached to an aromatic ring is 1. The molecule has 1 aliphatic rings. The van der Waals surface area contributed by atoms with Gasteiger partial charge in [0.25, 0.3) is 0 Å². The first-order valence-electron chi connectivity index (χ1n) is 7.71. The number of nitrogens with zero attached hydrogens (tertiary/aromatic N) is 6. The Morgan fingerprint density at radius 1 is 1.25 bits per heavy atom. The molecular formula is C15H17FN8. The van der Waals surface area contributed by atoms with E-state index >= 15 is 0 Å². The first kappa shape index (κ1) is 14.6. The maximum atomic E-state index is 13.1. The van der Waals surface area contributed by atoms with Gasteiger partial charge in [0.15, 0.2) is 11.5 Å². The Morgan fingerprint density at radius 3 is 2.88 bits per heavy atom. The Morgan fingerprint density at radius 2 is 2.12 bits per heavy atom. The molecule has 0 saturated carbocycles. The Kier molecular flexibility index (Phi) is 3.40. The number of nitrogens with two attached hydrogens (primary N) is 1. The summed E-state index contributed by atoms with van der Waals surface area (Å²) in [6.45, 7) is 4.34. The van der Waals surface area contributed by atoms with E-state index in [4.69, 9.17) is 5.73 Å². The van der Waals surface area contributed by atoms with Crippen molar-refractivity contribution in [3.8, 4) is 0 Å². The van der Waals surface area contributed by atoms with Crippen LogP contribution in [0.1, 0.15) is 6.92 Å². The number of hydrogen-bond acceptors (Lipinski definition) is 7. The van der Waals surface area contributed by atoms with Crippen molar-refractivity contribution >= 4 is 28.7 Å². The quantitative estimate of drug-likeness (QED) is 0.728. The Hall–Kier alpha value is -2.97. The zero-order chi connectivity index (χ0) is 16.7. The van der Waals surface area contributed by atoms with Gasteiger partial charge in [-0.05, 0) is 19.1 Å². The Bertz CT molecular complexity index is 862. The minimum absolute atomic E-state index is 0.186. The number of pyridine rings is 1. The molecule has 1 unspecified atom stereocenters. The van der Waals surface area contributed by atoms with Gasteiger partial charge in [0.2, 0.25) is 5.95 Å². The number of anilines is 3. The first-order chi connectivity index (χ1) is 11.6. The van der Waals surface area contributed by atoms with Crippen LogP contribution in [0, 0.1) is 5.82 Å². The van der Waals surface area contributed by atoms with Crippen molar-refractivity contribution in [3.05, 3.63) is 30.5 Å². The number of aromatic nitrogens is 5. The molecule has 124 valence electrons. The zero-order valence-corrected chi connectivity index (χ0v) is 13.1. The van der Waals surface area contributed by atoms with E-state index in [2.05, 4.69) is 41.6 Å². The smallest absolute Gasteiger partial charge is 0.224 e. The SMILES string of the molecule is CC1CN(c2nc(N)nc3nc[nH]c23)CCN1c1ccc(F)cn1. The lowest BCUT2D eigenvalue weighted by atomic mass is 10.2. The van der Waals surface area contributed by atoms with Crippen LogP contribution in [-0.4, -0.2) is 50.6 Å². The van der Waals surface area contributed by atoms with Crippen LogP contribution < -0.4 is 15.5 Å². The molecule has 1 fully saturated rings. The normalized spacial score (nSPS) is 18.3. The maximum Gasteiger partial charge on any atom is 0.224 e. The van der Waals surface area contributed by atoms with Crippen LogP contribution in [0.2, 0.25) is 0 Å². The van der Waals surface area contributed by atoms with Crippen molar-refractivity contribution < 1.29 is 4.39 Å². The van der Waals surface area contributed by atoms with Gasteiger partial charge in [-0.3, -0.25) is 0 Å². The Labute approximate surface area is 137 Å². The highest BCUT2D eigenvalue weighted by atomic mass is 19.1. The topological polar surface area (TPSA) is 99.8 Å². The molecular weight excluding hydrogens is 311 g/mol. The molecule has 3 aromatic heterocycles. The monoisotopic (exact) mass is 328 g/mol. The molecule has 8 nitrogen and oxygen atoms in total. The second kappa shape index (κ2) is 5.59. The first-order valence-corrected chi connectivity index (χ1v) is 7.71. The highest BCUT2D eigenvalue weighted by Crippen LogP contribution is 2.26. The summed E-state index contributed by atoms with van der Waals surface area (Å²) in [6, 6.07) is 3.32. The van der Waals surface area contributed by atoms with Crippen molar-refractivity contribution in [2.45, 2.75) is 13.0 Å². The molecule has 4 heterocycles. The number of aromatic amines is 1. The standard InChI is InChI=1S/C15H17FN8/c1-9-7-23(4-5-24(9)11-3-2-10(16)6-18-11)14-12-13(20-8-19-12)21-15(17)22-14/h2-3,6,8-9H,4-5,7H2,1H3,(H3,17,19,20,21,22). The number of nitrogens with one attached hydrogen (secondary N) is 1. The average molecular weight is 328 g/mol. The van der Waals surface area contributed by atoms with E-state index in [1.807, 2.05) is 0 Å². The maximum absolute atomic E-state index is 13.1. The highest BCUT2D eigenvalue weighted by Gasteiger charge is 2.27. The summed E-state index contributed by atoms with van der Waals surface area (Å²) in [5.41, 5.74) is 7.14. The zero-order valence-electron chi connectivity index (χ0n) is 13.1. The van der Waals surface area contributed by atoms with Crippen molar-refractivity contribution in [2.75, 3.05) is 35.2 Å². The minimum atomic E-state index is -0.330. The van der Waals surface area contributed by atoms with Crippen LogP contribution >= 0.6 is 0 Å². The van der Waals surface area contributed by atoms with Crippen LogP contribution in [0.15, 0.2) is 24.7 Å². The summed E-state index contributed by atoms with van der Waals surface area (Å²) >= 11 is 0. The average Bonchev–Trinajstić information content (AvgIpc) is 3.03. The molecule has 1 atom stereocenters. The van der Waals surface area contributed by atoms with Gasteiger partial charge in [0.05, 0.1) is 12.5 Å². The van der Waals surface area contributed by atoms with Crippen molar-refractivity contribution in [1.29, 1.82) is 0 Å². The van der Waals surface area contributed by atoms with E-state index in [1.165, 1.54) is 12.3 Å². The molecule has 1 aliphatic heterocycles. The van der Waals surface area contributed by atoms with Gasteiger partial charge < -0.3 is 20.5 Å². The number of piperazine rings is 1. The lowest BCUT2D eigenvalue weighted by Crippen LogP contribution is -2.52. The van der Waals surface area contributed by atoms with Gasteiger partial charge in [-0.2, -0.15) is 9.97 Å². The van der Waals surface area contributed by atoms with E-state index in [0.29, 0.717) is 5.65 Å². The lowest BCUT2D eigenvalue weighted by molar-refractivity contribution is 0.541. The number of H-pyrrole nitrogens is 1. The molecule has 0 radical (unpaired) electrons. The van der Waals surface area contributed by atoms with Crippen LogP contribution in [0.25, 0.3) is 11.2 Å². The van der Waals surface area contributed by atoms with E-state index in [9.17, 15) is 4.39 Å². The number of imidazole rings is 1. The van der Waals surface area contributed by atoms with Gasteiger partial charge >= 0.3 is 0 Å². The molecule has 0 bridgehead atoms. The number of rotatable bonds is 2.